The Hall–Kier alpha value is -3.27. The number of carbonyl (C=O) groups excluding carboxylic acids is 1. The Bertz CT molecular complexity index is 1010. The summed E-state index contributed by atoms with van der Waals surface area (Å²) in [5, 5.41) is 11.8. The summed E-state index contributed by atoms with van der Waals surface area (Å²) in [5.41, 5.74) is 1.65. The maximum atomic E-state index is 12.5. The van der Waals surface area contributed by atoms with Gasteiger partial charge in [-0.2, -0.15) is 0 Å². The van der Waals surface area contributed by atoms with Gasteiger partial charge in [0.2, 0.25) is 0 Å². The molecule has 1 unspecified atom stereocenters. The molecular weight excluding hydrogens is 304 g/mol. The lowest BCUT2D eigenvalue weighted by Crippen LogP contribution is -2.32. The molecule has 1 atom stereocenters. The molecule has 0 aliphatic carbocycles. The predicted molar refractivity (Wildman–Crippen MR) is 84.1 cm³/mol. The van der Waals surface area contributed by atoms with Gasteiger partial charge in [-0.1, -0.05) is 48.5 Å². The van der Waals surface area contributed by atoms with E-state index in [4.69, 9.17) is 9.47 Å². The molecule has 5 rings (SSSR count). The Labute approximate surface area is 137 Å². The van der Waals surface area contributed by atoms with Gasteiger partial charge in [0.1, 0.15) is 11.5 Å². The molecule has 2 aliphatic rings. The van der Waals surface area contributed by atoms with Crippen molar-refractivity contribution < 1.29 is 19.4 Å². The van der Waals surface area contributed by atoms with E-state index in [9.17, 15) is 9.90 Å². The molecular formula is C20H11O4-. The number of benzene rings is 3. The van der Waals surface area contributed by atoms with Gasteiger partial charge in [-0.15, -0.1) is 5.75 Å². The summed E-state index contributed by atoms with van der Waals surface area (Å²) in [7, 11) is 0. The summed E-state index contributed by atoms with van der Waals surface area (Å²) < 4.78 is 11.8. The molecule has 4 heteroatoms. The van der Waals surface area contributed by atoms with Crippen LogP contribution in [0.3, 0.4) is 0 Å². The smallest absolute Gasteiger partial charge is 0.340 e. The van der Waals surface area contributed by atoms with Crippen LogP contribution >= 0.6 is 0 Å². The molecule has 1 spiro atoms. The van der Waals surface area contributed by atoms with Crippen LogP contribution in [0.1, 0.15) is 27.0 Å². The van der Waals surface area contributed by atoms with E-state index in [2.05, 4.69) is 0 Å². The zero-order valence-corrected chi connectivity index (χ0v) is 12.5. The van der Waals surface area contributed by atoms with Gasteiger partial charge in [0, 0.05) is 16.7 Å². The van der Waals surface area contributed by atoms with Gasteiger partial charge in [0.25, 0.3) is 0 Å². The number of ether oxygens (including phenoxy) is 2. The second-order valence-electron chi connectivity index (χ2n) is 5.87. The number of fused-ring (bicyclic) bond motifs is 6. The van der Waals surface area contributed by atoms with Crippen molar-refractivity contribution in [3.8, 4) is 17.2 Å². The van der Waals surface area contributed by atoms with Crippen molar-refractivity contribution in [1.29, 1.82) is 0 Å². The van der Waals surface area contributed by atoms with Crippen molar-refractivity contribution >= 4 is 5.97 Å². The highest BCUT2D eigenvalue weighted by atomic mass is 16.6. The lowest BCUT2D eigenvalue weighted by Gasteiger charge is -2.36. The van der Waals surface area contributed by atoms with Crippen molar-refractivity contribution in [2.75, 3.05) is 0 Å². The zero-order chi connectivity index (χ0) is 16.3. The van der Waals surface area contributed by atoms with Crippen molar-refractivity contribution in [1.82, 2.24) is 0 Å². The Balaban J connectivity index is 1.92. The van der Waals surface area contributed by atoms with Gasteiger partial charge in [0.05, 0.1) is 5.56 Å². The van der Waals surface area contributed by atoms with E-state index in [0.717, 1.165) is 11.1 Å². The van der Waals surface area contributed by atoms with Gasteiger partial charge in [-0.3, -0.25) is 0 Å². The van der Waals surface area contributed by atoms with Crippen LogP contribution in [-0.2, 0) is 10.3 Å². The van der Waals surface area contributed by atoms with Crippen LogP contribution < -0.4 is 9.84 Å². The summed E-state index contributed by atoms with van der Waals surface area (Å²) >= 11 is 0. The lowest BCUT2D eigenvalue weighted by molar-refractivity contribution is -0.268. The first-order chi connectivity index (χ1) is 11.7. The third-order valence-electron chi connectivity index (χ3n) is 4.59. The number of rotatable bonds is 0. The van der Waals surface area contributed by atoms with E-state index in [1.807, 2.05) is 42.5 Å². The molecule has 24 heavy (non-hydrogen) atoms. The molecule has 0 saturated carbocycles. The molecule has 0 aromatic heterocycles. The van der Waals surface area contributed by atoms with E-state index in [1.54, 1.807) is 12.1 Å². The molecule has 116 valence electrons. The Morgan fingerprint density at radius 3 is 2.38 bits per heavy atom. The van der Waals surface area contributed by atoms with E-state index < -0.39 is 5.60 Å². The number of hydrogen-bond acceptors (Lipinski definition) is 4. The molecule has 2 heterocycles. The first-order valence-corrected chi connectivity index (χ1v) is 7.62. The maximum Gasteiger partial charge on any atom is 0.340 e. The third-order valence-corrected chi connectivity index (χ3v) is 4.59. The lowest BCUT2D eigenvalue weighted by atomic mass is 9.78. The molecule has 2 aliphatic heterocycles. The molecule has 4 nitrogen and oxygen atoms in total. The van der Waals surface area contributed by atoms with Crippen LogP contribution in [0.2, 0.25) is 0 Å². The van der Waals surface area contributed by atoms with E-state index in [0.29, 0.717) is 22.6 Å². The average Bonchev–Trinajstić information content (AvgIpc) is 2.89. The van der Waals surface area contributed by atoms with E-state index >= 15 is 0 Å². The van der Waals surface area contributed by atoms with Gasteiger partial charge >= 0.3 is 5.97 Å². The molecule has 0 radical (unpaired) electrons. The molecule has 0 fully saturated rings. The molecule has 0 N–H and O–H groups in total. The second-order valence-corrected chi connectivity index (χ2v) is 5.87. The van der Waals surface area contributed by atoms with Crippen LogP contribution in [0, 0.1) is 0 Å². The maximum absolute atomic E-state index is 12.5. The first-order valence-electron chi connectivity index (χ1n) is 7.62. The fraction of sp³-hybridized carbons (Fsp3) is 0.0500. The third kappa shape index (κ3) is 1.50. The Morgan fingerprint density at radius 1 is 0.792 bits per heavy atom. The van der Waals surface area contributed by atoms with Gasteiger partial charge in [-0.25, -0.2) is 4.79 Å². The number of carbonyl (C=O) groups is 1. The van der Waals surface area contributed by atoms with Crippen molar-refractivity contribution in [2.45, 2.75) is 5.60 Å². The highest BCUT2D eigenvalue weighted by molar-refractivity contribution is 5.97. The van der Waals surface area contributed by atoms with E-state index in [-0.39, 0.29) is 11.7 Å². The van der Waals surface area contributed by atoms with Crippen LogP contribution in [-0.4, -0.2) is 5.97 Å². The first kappa shape index (κ1) is 13.2. The van der Waals surface area contributed by atoms with Crippen LogP contribution in [0.15, 0.2) is 66.7 Å². The number of para-hydroxylation sites is 1. The van der Waals surface area contributed by atoms with Gasteiger partial charge < -0.3 is 14.6 Å². The minimum absolute atomic E-state index is 0.152. The second kappa shape index (κ2) is 4.38. The predicted octanol–water partition coefficient (Wildman–Crippen LogP) is 3.33. The summed E-state index contributed by atoms with van der Waals surface area (Å²) in [6.45, 7) is 0. The number of hydrogen-bond donors (Lipinski definition) is 0. The largest absolute Gasteiger partial charge is 0.872 e. The van der Waals surface area contributed by atoms with Gasteiger partial charge in [-0.05, 0) is 18.2 Å². The summed E-state index contributed by atoms with van der Waals surface area (Å²) in [5.74, 6) is 0.478. The van der Waals surface area contributed by atoms with E-state index in [1.165, 1.54) is 12.1 Å². The normalized spacial score (nSPS) is 19.9. The highest BCUT2D eigenvalue weighted by Crippen LogP contribution is 2.56. The average molecular weight is 315 g/mol. The van der Waals surface area contributed by atoms with Gasteiger partial charge in [0.15, 0.2) is 5.60 Å². The molecule has 0 bridgehead atoms. The fourth-order valence-electron chi connectivity index (χ4n) is 3.61. The fourth-order valence-corrected chi connectivity index (χ4v) is 3.61. The molecule has 3 aromatic carbocycles. The van der Waals surface area contributed by atoms with Crippen molar-refractivity contribution in [2.24, 2.45) is 0 Å². The van der Waals surface area contributed by atoms with Crippen LogP contribution in [0.4, 0.5) is 0 Å². The summed E-state index contributed by atoms with van der Waals surface area (Å²) in [6.07, 6.45) is 0. The van der Waals surface area contributed by atoms with Crippen molar-refractivity contribution in [3.63, 3.8) is 0 Å². The SMILES string of the molecule is O=C1OC2(c3ccccc3Oc3cc([O-])ccc32)c2ccccc21. The Morgan fingerprint density at radius 2 is 1.50 bits per heavy atom. The molecule has 0 amide bonds. The quantitative estimate of drug-likeness (QED) is 0.597. The summed E-state index contributed by atoms with van der Waals surface area (Å²) in [6, 6.07) is 19.3. The minimum atomic E-state index is -1.08. The van der Waals surface area contributed by atoms with Crippen LogP contribution in [0.25, 0.3) is 0 Å². The van der Waals surface area contributed by atoms with Crippen LogP contribution in [0.5, 0.6) is 17.2 Å². The minimum Gasteiger partial charge on any atom is -0.872 e. The highest BCUT2D eigenvalue weighted by Gasteiger charge is 2.53. The Kier molecular flexibility index (Phi) is 2.41. The summed E-state index contributed by atoms with van der Waals surface area (Å²) in [4.78, 5) is 12.5. The monoisotopic (exact) mass is 315 g/mol. The topological polar surface area (TPSA) is 58.6 Å². The zero-order valence-electron chi connectivity index (χ0n) is 12.5. The number of esters is 1. The van der Waals surface area contributed by atoms with Crippen molar-refractivity contribution in [3.05, 3.63) is 89.0 Å². The standard InChI is InChI=1S/C20H12O4/c21-12-9-10-16-18(11-12)23-17-8-4-3-7-15(17)20(16)14-6-2-1-5-13(14)19(22)24-20/h1-11,21H/p-1. The molecule has 3 aromatic rings. The molecule has 0 saturated heterocycles.